The van der Waals surface area contributed by atoms with Crippen LogP contribution < -0.4 is 5.32 Å². The van der Waals surface area contributed by atoms with Crippen molar-refractivity contribution in [1.82, 2.24) is 10.2 Å². The lowest BCUT2D eigenvalue weighted by Gasteiger charge is -2.15. The third-order valence-corrected chi connectivity index (χ3v) is 3.91. The van der Waals surface area contributed by atoms with Crippen LogP contribution in [-0.4, -0.2) is 36.3 Å². The van der Waals surface area contributed by atoms with Crippen LogP contribution in [0.15, 0.2) is 22.7 Å². The Balaban J connectivity index is 1.79. The summed E-state index contributed by atoms with van der Waals surface area (Å²) in [6.07, 6.45) is 2.20. The fraction of sp³-hybridized carbons (Fsp3) is 0.429. The number of halogens is 2. The Labute approximate surface area is 125 Å². The smallest absolute Gasteiger partial charge is 0.255 e. The predicted molar refractivity (Wildman–Crippen MR) is 76.9 cm³/mol. The maximum Gasteiger partial charge on any atom is 0.255 e. The SMILES string of the molecule is O=C(NCCCN1CCCC1=O)c1c(F)cccc1Br. The molecule has 20 heavy (non-hydrogen) atoms. The standard InChI is InChI=1S/C14H16BrFN2O2/c15-10-4-1-5-11(16)13(10)14(20)17-7-3-9-18-8-2-6-12(18)19/h1,4-5H,2-3,6-9H2,(H,17,20). The molecule has 6 heteroatoms. The third kappa shape index (κ3) is 3.56. The number of benzene rings is 1. The van der Waals surface area contributed by atoms with E-state index in [1.54, 1.807) is 11.0 Å². The van der Waals surface area contributed by atoms with Gasteiger partial charge < -0.3 is 10.2 Å². The minimum Gasteiger partial charge on any atom is -0.352 e. The predicted octanol–water partition coefficient (Wildman–Crippen LogP) is 2.33. The average molecular weight is 343 g/mol. The van der Waals surface area contributed by atoms with Crippen LogP contribution in [0.4, 0.5) is 4.39 Å². The molecule has 0 spiro atoms. The van der Waals surface area contributed by atoms with Crippen LogP contribution in [0.1, 0.15) is 29.6 Å². The molecule has 1 saturated heterocycles. The monoisotopic (exact) mass is 342 g/mol. The van der Waals surface area contributed by atoms with Gasteiger partial charge in [-0.2, -0.15) is 0 Å². The number of rotatable bonds is 5. The van der Waals surface area contributed by atoms with Gasteiger partial charge in [0.2, 0.25) is 5.91 Å². The van der Waals surface area contributed by atoms with Crippen LogP contribution in [0.5, 0.6) is 0 Å². The molecule has 0 radical (unpaired) electrons. The summed E-state index contributed by atoms with van der Waals surface area (Å²) < 4.78 is 14.0. The molecule has 2 amide bonds. The van der Waals surface area contributed by atoms with Gasteiger partial charge >= 0.3 is 0 Å². The highest BCUT2D eigenvalue weighted by atomic mass is 79.9. The number of hydrogen-bond donors (Lipinski definition) is 1. The van der Waals surface area contributed by atoms with Crippen molar-refractivity contribution in [3.8, 4) is 0 Å². The first-order valence-electron chi connectivity index (χ1n) is 6.59. The van der Waals surface area contributed by atoms with Gasteiger partial charge in [-0.05, 0) is 40.9 Å². The molecule has 1 aromatic carbocycles. The summed E-state index contributed by atoms with van der Waals surface area (Å²) in [5.41, 5.74) is 0.0183. The molecule has 1 aliphatic rings. The van der Waals surface area contributed by atoms with Crippen LogP contribution in [-0.2, 0) is 4.79 Å². The quantitative estimate of drug-likeness (QED) is 0.835. The number of hydrogen-bond acceptors (Lipinski definition) is 2. The van der Waals surface area contributed by atoms with Crippen molar-refractivity contribution in [2.24, 2.45) is 0 Å². The van der Waals surface area contributed by atoms with Gasteiger partial charge in [0.15, 0.2) is 0 Å². The van der Waals surface area contributed by atoms with Crippen LogP contribution in [0, 0.1) is 5.82 Å². The number of carbonyl (C=O) groups is 2. The van der Waals surface area contributed by atoms with Crippen LogP contribution in [0.25, 0.3) is 0 Å². The molecular formula is C14H16BrFN2O2. The number of amides is 2. The van der Waals surface area contributed by atoms with Crippen LogP contribution >= 0.6 is 15.9 Å². The Morgan fingerprint density at radius 1 is 1.45 bits per heavy atom. The van der Waals surface area contributed by atoms with E-state index in [0.29, 0.717) is 30.4 Å². The molecule has 0 unspecified atom stereocenters. The van der Waals surface area contributed by atoms with E-state index in [-0.39, 0.29) is 11.5 Å². The Bertz CT molecular complexity index is 502. The lowest BCUT2D eigenvalue weighted by Crippen LogP contribution is -2.31. The van der Waals surface area contributed by atoms with E-state index in [2.05, 4.69) is 21.2 Å². The zero-order valence-electron chi connectivity index (χ0n) is 11.0. The number of likely N-dealkylation sites (tertiary alicyclic amines) is 1. The van der Waals surface area contributed by atoms with E-state index in [9.17, 15) is 14.0 Å². The van der Waals surface area contributed by atoms with Crippen LogP contribution in [0.3, 0.4) is 0 Å². The number of nitrogens with one attached hydrogen (secondary N) is 1. The van der Waals surface area contributed by atoms with Gasteiger partial charge in [-0.3, -0.25) is 9.59 Å². The first kappa shape index (κ1) is 15.0. The molecule has 1 heterocycles. The fourth-order valence-corrected chi connectivity index (χ4v) is 2.74. The Morgan fingerprint density at radius 2 is 2.25 bits per heavy atom. The minimum absolute atomic E-state index is 0.0183. The highest BCUT2D eigenvalue weighted by molar-refractivity contribution is 9.10. The van der Waals surface area contributed by atoms with E-state index in [1.807, 2.05) is 0 Å². The summed E-state index contributed by atoms with van der Waals surface area (Å²) in [7, 11) is 0. The highest BCUT2D eigenvalue weighted by Crippen LogP contribution is 2.19. The molecule has 108 valence electrons. The molecule has 0 aromatic heterocycles. The first-order valence-corrected chi connectivity index (χ1v) is 7.39. The van der Waals surface area contributed by atoms with E-state index in [4.69, 9.17) is 0 Å². The molecule has 1 aromatic rings. The topological polar surface area (TPSA) is 49.4 Å². The molecule has 0 atom stereocenters. The summed E-state index contributed by atoms with van der Waals surface area (Å²) >= 11 is 3.16. The van der Waals surface area contributed by atoms with E-state index in [0.717, 1.165) is 13.0 Å². The van der Waals surface area contributed by atoms with Crippen LogP contribution in [0.2, 0.25) is 0 Å². The summed E-state index contributed by atoms with van der Waals surface area (Å²) in [5.74, 6) is -0.817. The average Bonchev–Trinajstić information content (AvgIpc) is 2.80. The maximum atomic E-state index is 13.6. The van der Waals surface area contributed by atoms with Gasteiger partial charge in [-0.15, -0.1) is 0 Å². The second-order valence-electron chi connectivity index (χ2n) is 4.69. The fourth-order valence-electron chi connectivity index (χ4n) is 2.22. The minimum atomic E-state index is -0.549. The Hall–Kier alpha value is -1.43. The third-order valence-electron chi connectivity index (χ3n) is 3.25. The van der Waals surface area contributed by atoms with Crippen molar-refractivity contribution in [2.75, 3.05) is 19.6 Å². The van der Waals surface area contributed by atoms with Crippen molar-refractivity contribution < 1.29 is 14.0 Å². The largest absolute Gasteiger partial charge is 0.352 e. The van der Waals surface area contributed by atoms with Gasteiger partial charge in [0.25, 0.3) is 5.91 Å². The van der Waals surface area contributed by atoms with Gasteiger partial charge in [-0.1, -0.05) is 6.07 Å². The Kier molecular flexibility index (Phi) is 5.11. The van der Waals surface area contributed by atoms with Crippen molar-refractivity contribution in [3.63, 3.8) is 0 Å². The van der Waals surface area contributed by atoms with Crippen molar-refractivity contribution >= 4 is 27.7 Å². The molecule has 0 aliphatic carbocycles. The molecule has 1 fully saturated rings. The summed E-state index contributed by atoms with van der Waals surface area (Å²) in [6.45, 7) is 1.85. The van der Waals surface area contributed by atoms with E-state index in [1.165, 1.54) is 12.1 Å². The molecule has 1 aliphatic heterocycles. The van der Waals surface area contributed by atoms with E-state index < -0.39 is 11.7 Å². The van der Waals surface area contributed by atoms with E-state index >= 15 is 0 Å². The molecule has 0 bridgehead atoms. The van der Waals surface area contributed by atoms with Gasteiger partial charge in [0, 0.05) is 30.5 Å². The van der Waals surface area contributed by atoms with Crippen molar-refractivity contribution in [1.29, 1.82) is 0 Å². The molecule has 0 saturated carbocycles. The zero-order valence-corrected chi connectivity index (χ0v) is 12.6. The summed E-state index contributed by atoms with van der Waals surface area (Å²) in [5, 5.41) is 2.67. The number of nitrogens with zero attached hydrogens (tertiary/aromatic N) is 1. The number of carbonyl (C=O) groups excluding carboxylic acids is 2. The second kappa shape index (κ2) is 6.83. The maximum absolute atomic E-state index is 13.6. The lowest BCUT2D eigenvalue weighted by atomic mass is 10.2. The molecular weight excluding hydrogens is 327 g/mol. The molecule has 4 nitrogen and oxygen atoms in total. The second-order valence-corrected chi connectivity index (χ2v) is 5.54. The van der Waals surface area contributed by atoms with Crippen molar-refractivity contribution in [2.45, 2.75) is 19.3 Å². The zero-order chi connectivity index (χ0) is 14.5. The van der Waals surface area contributed by atoms with Crippen molar-refractivity contribution in [3.05, 3.63) is 34.1 Å². The summed E-state index contributed by atoms with van der Waals surface area (Å²) in [6, 6.07) is 4.42. The normalized spacial score (nSPS) is 14.7. The molecule has 1 N–H and O–H groups in total. The van der Waals surface area contributed by atoms with Gasteiger partial charge in [0.05, 0.1) is 5.56 Å². The first-order chi connectivity index (χ1) is 9.59. The molecule has 2 rings (SSSR count). The highest BCUT2D eigenvalue weighted by Gasteiger charge is 2.19. The van der Waals surface area contributed by atoms with Gasteiger partial charge in [-0.25, -0.2) is 4.39 Å². The summed E-state index contributed by atoms with van der Waals surface area (Å²) in [4.78, 5) is 25.1. The lowest BCUT2D eigenvalue weighted by molar-refractivity contribution is -0.127. The Morgan fingerprint density at radius 3 is 2.90 bits per heavy atom. The van der Waals surface area contributed by atoms with Gasteiger partial charge in [0.1, 0.15) is 5.82 Å².